The normalized spacial score (nSPS) is 33.9. The van der Waals surface area contributed by atoms with E-state index in [1.807, 2.05) is 0 Å². The Bertz CT molecular complexity index is 321. The summed E-state index contributed by atoms with van der Waals surface area (Å²) in [5.41, 5.74) is 0. The zero-order valence-electron chi connectivity index (χ0n) is 6.61. The molecule has 5 nitrogen and oxygen atoms in total. The van der Waals surface area contributed by atoms with E-state index >= 15 is 0 Å². The molecule has 1 fully saturated rings. The first kappa shape index (κ1) is 8.97. The molecule has 0 bridgehead atoms. The van der Waals surface area contributed by atoms with Crippen molar-refractivity contribution in [3.8, 4) is 0 Å². The SMILES string of the molecule is [O-][N+]1(c2ncc(F)s2)CNCC1O. The minimum atomic E-state index is -1.09. The lowest BCUT2D eigenvalue weighted by Crippen LogP contribution is -2.48. The van der Waals surface area contributed by atoms with Gasteiger partial charge in [0.1, 0.15) is 6.67 Å². The summed E-state index contributed by atoms with van der Waals surface area (Å²) < 4.78 is 11.6. The van der Waals surface area contributed by atoms with Crippen LogP contribution in [0.25, 0.3) is 0 Å². The van der Waals surface area contributed by atoms with E-state index < -0.39 is 16.0 Å². The summed E-state index contributed by atoms with van der Waals surface area (Å²) in [5, 5.41) is 23.5. The van der Waals surface area contributed by atoms with Gasteiger partial charge in [-0.15, -0.1) is 0 Å². The molecule has 2 atom stereocenters. The van der Waals surface area contributed by atoms with Gasteiger partial charge in [0.25, 0.3) is 5.13 Å². The number of hydroxylamine groups is 2. The summed E-state index contributed by atoms with van der Waals surface area (Å²) in [5.74, 6) is 0. The molecule has 0 spiro atoms. The highest BCUT2D eigenvalue weighted by molar-refractivity contribution is 7.13. The molecule has 0 aromatic carbocycles. The molecule has 2 heterocycles. The van der Waals surface area contributed by atoms with Gasteiger partial charge in [0.15, 0.2) is 0 Å². The van der Waals surface area contributed by atoms with Crippen LogP contribution in [0.3, 0.4) is 0 Å². The molecule has 1 aliphatic rings. The van der Waals surface area contributed by atoms with Gasteiger partial charge in [-0.05, 0) is 11.3 Å². The number of nitrogens with one attached hydrogen (secondary N) is 1. The molecule has 2 unspecified atom stereocenters. The van der Waals surface area contributed by atoms with Crippen LogP contribution in [-0.2, 0) is 0 Å². The number of hydrogen-bond donors (Lipinski definition) is 2. The van der Waals surface area contributed by atoms with Crippen LogP contribution < -0.4 is 9.96 Å². The zero-order chi connectivity index (χ0) is 9.47. The van der Waals surface area contributed by atoms with Gasteiger partial charge in [-0.2, -0.15) is 9.37 Å². The van der Waals surface area contributed by atoms with Crippen LogP contribution in [0.15, 0.2) is 6.20 Å². The van der Waals surface area contributed by atoms with Crippen molar-refractivity contribution >= 4 is 16.5 Å². The second kappa shape index (κ2) is 2.96. The second-order valence-corrected chi connectivity index (χ2v) is 3.79. The number of halogens is 1. The lowest BCUT2D eigenvalue weighted by Gasteiger charge is -2.36. The number of nitrogens with zero attached hydrogens (tertiary/aromatic N) is 2. The summed E-state index contributed by atoms with van der Waals surface area (Å²) in [6.45, 7) is 0.249. The van der Waals surface area contributed by atoms with Gasteiger partial charge in [0, 0.05) is 0 Å². The number of rotatable bonds is 1. The van der Waals surface area contributed by atoms with Crippen molar-refractivity contribution in [3.05, 3.63) is 16.5 Å². The van der Waals surface area contributed by atoms with E-state index in [1.165, 1.54) is 0 Å². The monoisotopic (exact) mass is 205 g/mol. The van der Waals surface area contributed by atoms with E-state index in [0.717, 1.165) is 6.20 Å². The number of quaternary nitrogens is 1. The molecule has 0 radical (unpaired) electrons. The minimum absolute atomic E-state index is 0.0358. The maximum Gasteiger partial charge on any atom is 0.292 e. The summed E-state index contributed by atoms with van der Waals surface area (Å²) in [4.78, 5) is 3.62. The second-order valence-electron chi connectivity index (χ2n) is 2.84. The van der Waals surface area contributed by atoms with Gasteiger partial charge in [-0.1, -0.05) is 0 Å². The standard InChI is InChI=1S/C6H8FN3O2S/c7-4-1-9-6(13-4)10(12)3-8-2-5(10)11/h1,5,8,11H,2-3H2. The molecule has 7 heteroatoms. The number of thiazole rings is 1. The van der Waals surface area contributed by atoms with Gasteiger partial charge in [-0.25, -0.2) is 0 Å². The Balaban J connectivity index is 2.33. The van der Waals surface area contributed by atoms with Crippen molar-refractivity contribution in [1.82, 2.24) is 14.9 Å². The molecule has 1 saturated heterocycles. The molecule has 0 saturated carbocycles. The molecule has 1 aromatic heterocycles. The van der Waals surface area contributed by atoms with Crippen LogP contribution in [0, 0.1) is 10.3 Å². The number of β-amino-alcohol motifs (C(OH)–C–C–N with tert-alkyl or cyclic N) is 1. The molecular formula is C6H8FN3O2S. The Morgan fingerprint density at radius 3 is 3.08 bits per heavy atom. The predicted octanol–water partition coefficient (Wildman–Crippen LogP) is -0.0336. The Morgan fingerprint density at radius 1 is 1.85 bits per heavy atom. The first-order chi connectivity index (χ1) is 6.13. The van der Waals surface area contributed by atoms with Crippen LogP contribution in [0.1, 0.15) is 0 Å². The van der Waals surface area contributed by atoms with E-state index in [9.17, 15) is 14.7 Å². The summed E-state index contributed by atoms with van der Waals surface area (Å²) in [6, 6.07) is 0. The third kappa shape index (κ3) is 1.34. The highest BCUT2D eigenvalue weighted by Gasteiger charge is 2.37. The fourth-order valence-corrected chi connectivity index (χ4v) is 1.95. The largest absolute Gasteiger partial charge is 0.623 e. The van der Waals surface area contributed by atoms with Crippen molar-refractivity contribution in [2.75, 3.05) is 13.2 Å². The maximum atomic E-state index is 12.6. The number of aliphatic hydroxyl groups excluding tert-OH is 1. The van der Waals surface area contributed by atoms with Crippen LogP contribution in [-0.4, -0.2) is 29.5 Å². The first-order valence-corrected chi connectivity index (χ1v) is 4.54. The van der Waals surface area contributed by atoms with Crippen molar-refractivity contribution < 1.29 is 9.50 Å². The van der Waals surface area contributed by atoms with E-state index in [2.05, 4.69) is 10.3 Å². The van der Waals surface area contributed by atoms with Crippen molar-refractivity contribution in [2.24, 2.45) is 0 Å². The Hall–Kier alpha value is -0.600. The highest BCUT2D eigenvalue weighted by atomic mass is 32.1. The van der Waals surface area contributed by atoms with E-state index in [1.54, 1.807) is 0 Å². The smallest absolute Gasteiger partial charge is 0.292 e. The third-order valence-corrected chi connectivity index (χ3v) is 2.84. The maximum absolute atomic E-state index is 12.6. The summed E-state index contributed by atoms with van der Waals surface area (Å²) >= 11 is 0.670. The minimum Gasteiger partial charge on any atom is -0.623 e. The Kier molecular flexibility index (Phi) is 2.05. The van der Waals surface area contributed by atoms with Crippen LogP contribution in [0.2, 0.25) is 0 Å². The Labute approximate surface area is 77.6 Å². The quantitative estimate of drug-likeness (QED) is 0.499. The number of aliphatic hydroxyl groups is 1. The van der Waals surface area contributed by atoms with Crippen LogP contribution >= 0.6 is 11.3 Å². The van der Waals surface area contributed by atoms with Gasteiger partial charge >= 0.3 is 0 Å². The molecule has 72 valence electrons. The van der Waals surface area contributed by atoms with E-state index in [0.29, 0.717) is 11.3 Å². The lowest BCUT2D eigenvalue weighted by atomic mass is 10.5. The Morgan fingerprint density at radius 2 is 2.62 bits per heavy atom. The first-order valence-electron chi connectivity index (χ1n) is 3.72. The molecule has 1 aliphatic heterocycles. The third-order valence-electron chi connectivity index (χ3n) is 1.94. The van der Waals surface area contributed by atoms with Gasteiger partial charge in [-0.3, -0.25) is 9.96 Å². The van der Waals surface area contributed by atoms with E-state index in [-0.39, 0.29) is 18.3 Å². The molecule has 0 aliphatic carbocycles. The number of aromatic nitrogens is 1. The van der Waals surface area contributed by atoms with Gasteiger partial charge in [0.2, 0.25) is 11.4 Å². The van der Waals surface area contributed by atoms with Crippen molar-refractivity contribution in [2.45, 2.75) is 6.23 Å². The van der Waals surface area contributed by atoms with E-state index in [4.69, 9.17) is 0 Å². The molecule has 2 rings (SSSR count). The number of hydrogen-bond acceptors (Lipinski definition) is 5. The molecule has 13 heavy (non-hydrogen) atoms. The van der Waals surface area contributed by atoms with Crippen LogP contribution in [0.4, 0.5) is 9.52 Å². The van der Waals surface area contributed by atoms with Gasteiger partial charge < -0.3 is 10.3 Å². The van der Waals surface area contributed by atoms with Crippen molar-refractivity contribution in [3.63, 3.8) is 0 Å². The summed E-state index contributed by atoms with van der Waals surface area (Å²) in [6.07, 6.45) is -0.103. The topological polar surface area (TPSA) is 68.2 Å². The fourth-order valence-electron chi connectivity index (χ4n) is 1.23. The molecule has 1 aromatic rings. The molecule has 0 amide bonds. The zero-order valence-corrected chi connectivity index (χ0v) is 7.42. The van der Waals surface area contributed by atoms with Gasteiger partial charge in [0.05, 0.1) is 12.7 Å². The predicted molar refractivity (Wildman–Crippen MR) is 46.1 cm³/mol. The average molecular weight is 205 g/mol. The highest BCUT2D eigenvalue weighted by Crippen LogP contribution is 2.30. The summed E-state index contributed by atoms with van der Waals surface area (Å²) in [7, 11) is 0. The van der Waals surface area contributed by atoms with Crippen molar-refractivity contribution in [1.29, 1.82) is 0 Å². The average Bonchev–Trinajstić information content (AvgIpc) is 2.62. The lowest BCUT2D eigenvalue weighted by molar-refractivity contribution is 0.0850. The molecule has 2 N–H and O–H groups in total. The fraction of sp³-hybridized carbons (Fsp3) is 0.500. The van der Waals surface area contributed by atoms with Crippen LogP contribution in [0.5, 0.6) is 0 Å². The molecular weight excluding hydrogens is 197 g/mol.